The second kappa shape index (κ2) is 5.08. The molecule has 0 aliphatic carbocycles. The lowest BCUT2D eigenvalue weighted by atomic mass is 10.0. The maximum absolute atomic E-state index is 6.26. The van der Waals surface area contributed by atoms with Crippen LogP contribution in [0, 0.1) is 0 Å². The zero-order chi connectivity index (χ0) is 13.4. The summed E-state index contributed by atoms with van der Waals surface area (Å²) in [5.74, 6) is 0. The molecule has 96 valence electrons. The van der Waals surface area contributed by atoms with E-state index in [1.54, 1.807) is 11.3 Å². The summed E-state index contributed by atoms with van der Waals surface area (Å²) < 4.78 is 0. The van der Waals surface area contributed by atoms with Crippen molar-refractivity contribution in [1.29, 1.82) is 0 Å². The minimum atomic E-state index is 0.195. The van der Waals surface area contributed by atoms with Crippen LogP contribution in [0.3, 0.4) is 0 Å². The summed E-state index contributed by atoms with van der Waals surface area (Å²) in [7, 11) is 0. The van der Waals surface area contributed by atoms with Crippen molar-refractivity contribution < 1.29 is 0 Å². The van der Waals surface area contributed by atoms with Gasteiger partial charge in [-0.1, -0.05) is 48.9 Å². The van der Waals surface area contributed by atoms with E-state index in [0.717, 1.165) is 27.8 Å². The van der Waals surface area contributed by atoms with E-state index in [4.69, 9.17) is 23.2 Å². The van der Waals surface area contributed by atoms with Gasteiger partial charge < -0.3 is 0 Å². The van der Waals surface area contributed by atoms with Crippen molar-refractivity contribution >= 4 is 44.8 Å². The molecule has 0 saturated heterocycles. The van der Waals surface area contributed by atoms with Gasteiger partial charge in [-0.2, -0.15) is 0 Å². The molecule has 0 unspecified atom stereocenters. The molecular formula is C14H10Cl2N2S. The van der Waals surface area contributed by atoms with Gasteiger partial charge in [0.1, 0.15) is 9.98 Å². The molecule has 1 aromatic carbocycles. The number of hydrogen-bond donors (Lipinski definition) is 0. The lowest BCUT2D eigenvalue weighted by Gasteiger charge is -2.03. The third-order valence-corrected chi connectivity index (χ3v) is 4.61. The third kappa shape index (κ3) is 2.22. The fourth-order valence-electron chi connectivity index (χ4n) is 2.14. The summed E-state index contributed by atoms with van der Waals surface area (Å²) >= 11 is 13.8. The third-order valence-electron chi connectivity index (χ3n) is 2.94. The van der Waals surface area contributed by atoms with Gasteiger partial charge >= 0.3 is 0 Å². The highest BCUT2D eigenvalue weighted by molar-refractivity contribution is 7.19. The number of aryl methyl sites for hydroxylation is 1. The van der Waals surface area contributed by atoms with Crippen molar-refractivity contribution in [2.75, 3.05) is 0 Å². The fraction of sp³-hybridized carbons (Fsp3) is 0.143. The minimum Gasteiger partial charge on any atom is -0.207 e. The Morgan fingerprint density at radius 1 is 1.11 bits per heavy atom. The van der Waals surface area contributed by atoms with Crippen LogP contribution in [-0.4, -0.2) is 9.97 Å². The first-order valence-electron chi connectivity index (χ1n) is 5.90. The van der Waals surface area contributed by atoms with Crippen LogP contribution in [0.15, 0.2) is 30.3 Å². The Morgan fingerprint density at radius 3 is 2.53 bits per heavy atom. The number of fused-ring (bicyclic) bond motifs is 1. The van der Waals surface area contributed by atoms with E-state index in [2.05, 4.69) is 29.0 Å². The molecule has 0 aliphatic rings. The Hall–Kier alpha value is -1.16. The number of nitrogens with zero attached hydrogens (tertiary/aromatic N) is 2. The molecule has 2 nitrogen and oxygen atoms in total. The Kier molecular flexibility index (Phi) is 3.44. The summed E-state index contributed by atoms with van der Waals surface area (Å²) in [5.41, 5.74) is 2.27. The molecule has 3 aromatic rings. The number of halogens is 2. The molecule has 19 heavy (non-hydrogen) atoms. The summed E-state index contributed by atoms with van der Waals surface area (Å²) in [6.45, 7) is 2.13. The monoisotopic (exact) mass is 308 g/mol. The van der Waals surface area contributed by atoms with Crippen molar-refractivity contribution in [2.24, 2.45) is 0 Å². The molecule has 0 radical (unpaired) electrons. The number of aromatic nitrogens is 2. The smallest absolute Gasteiger partial charge is 0.207 e. The Balaban J connectivity index is 2.40. The fourth-order valence-corrected chi connectivity index (χ4v) is 3.86. The van der Waals surface area contributed by atoms with Gasteiger partial charge in [0.15, 0.2) is 0 Å². The quantitative estimate of drug-likeness (QED) is 0.478. The van der Waals surface area contributed by atoms with Crippen LogP contribution in [-0.2, 0) is 6.42 Å². The zero-order valence-electron chi connectivity index (χ0n) is 10.2. The van der Waals surface area contributed by atoms with Crippen molar-refractivity contribution in [3.63, 3.8) is 0 Å². The predicted octanol–water partition coefficient (Wildman–Crippen LogP) is 5.23. The molecule has 3 rings (SSSR count). The summed E-state index contributed by atoms with van der Waals surface area (Å²) in [4.78, 5) is 10.4. The second-order valence-corrected chi connectivity index (χ2v) is 5.86. The van der Waals surface area contributed by atoms with E-state index in [9.17, 15) is 0 Å². The van der Waals surface area contributed by atoms with Crippen LogP contribution < -0.4 is 0 Å². The Labute approximate surface area is 125 Å². The van der Waals surface area contributed by atoms with Crippen LogP contribution in [0.1, 0.15) is 11.8 Å². The molecule has 2 aromatic heterocycles. The van der Waals surface area contributed by atoms with Gasteiger partial charge in [-0.05, 0) is 23.6 Å². The number of hydrogen-bond acceptors (Lipinski definition) is 3. The first kappa shape index (κ1) is 12.9. The highest BCUT2D eigenvalue weighted by Gasteiger charge is 2.18. The van der Waals surface area contributed by atoms with Gasteiger partial charge in [0, 0.05) is 10.4 Å². The van der Waals surface area contributed by atoms with Crippen molar-refractivity contribution in [2.45, 2.75) is 13.3 Å². The molecule has 0 amide bonds. The summed E-state index contributed by atoms with van der Waals surface area (Å²) in [6.07, 6.45) is 0.930. The molecule has 0 N–H and O–H groups in total. The highest BCUT2D eigenvalue weighted by atomic mass is 35.5. The average molecular weight is 309 g/mol. The van der Waals surface area contributed by atoms with Crippen LogP contribution in [0.25, 0.3) is 21.3 Å². The molecule has 5 heteroatoms. The zero-order valence-corrected chi connectivity index (χ0v) is 12.5. The van der Waals surface area contributed by atoms with Gasteiger partial charge in [-0.15, -0.1) is 11.3 Å². The largest absolute Gasteiger partial charge is 0.225 e. The lowest BCUT2D eigenvalue weighted by molar-refractivity contribution is 1.19. The average Bonchev–Trinajstić information content (AvgIpc) is 2.78. The lowest BCUT2D eigenvalue weighted by Crippen LogP contribution is -1.86. The summed E-state index contributed by atoms with van der Waals surface area (Å²) in [6, 6.07) is 10.2. The molecular weight excluding hydrogens is 299 g/mol. The van der Waals surface area contributed by atoms with E-state index in [1.807, 2.05) is 18.2 Å². The molecule has 0 saturated carbocycles. The predicted molar refractivity (Wildman–Crippen MR) is 82.2 cm³/mol. The van der Waals surface area contributed by atoms with Gasteiger partial charge in [0.25, 0.3) is 0 Å². The van der Waals surface area contributed by atoms with E-state index in [-0.39, 0.29) is 5.28 Å². The first-order valence-corrected chi connectivity index (χ1v) is 7.47. The van der Waals surface area contributed by atoms with Crippen molar-refractivity contribution in [3.8, 4) is 11.1 Å². The molecule has 0 aliphatic heterocycles. The minimum absolute atomic E-state index is 0.195. The van der Waals surface area contributed by atoms with E-state index >= 15 is 0 Å². The maximum atomic E-state index is 6.26. The number of benzene rings is 1. The number of rotatable bonds is 2. The molecule has 2 heterocycles. The Bertz CT molecular complexity index is 738. The van der Waals surface area contributed by atoms with Gasteiger partial charge in [0.2, 0.25) is 5.28 Å². The Morgan fingerprint density at radius 2 is 1.84 bits per heavy atom. The van der Waals surface area contributed by atoms with Crippen molar-refractivity contribution in [1.82, 2.24) is 9.97 Å². The molecule has 0 bridgehead atoms. The van der Waals surface area contributed by atoms with E-state index in [1.165, 1.54) is 4.88 Å². The normalized spacial score (nSPS) is 11.1. The van der Waals surface area contributed by atoms with Crippen LogP contribution in [0.4, 0.5) is 0 Å². The van der Waals surface area contributed by atoms with Gasteiger partial charge in [0.05, 0.1) is 5.39 Å². The van der Waals surface area contributed by atoms with Crippen molar-refractivity contribution in [3.05, 3.63) is 45.6 Å². The maximum Gasteiger partial charge on any atom is 0.225 e. The molecule has 0 atom stereocenters. The second-order valence-electron chi connectivity index (χ2n) is 4.08. The summed E-state index contributed by atoms with van der Waals surface area (Å²) in [5, 5.41) is 1.52. The van der Waals surface area contributed by atoms with Crippen LogP contribution in [0.2, 0.25) is 10.4 Å². The number of thiophene rings is 1. The standard InChI is InChI=1S/C14H10Cl2N2S/c1-2-9-10(8-6-4-3-5-7-8)11-12(15)17-14(16)18-13(11)19-9/h3-7H,2H2,1H3. The molecule has 0 spiro atoms. The van der Waals surface area contributed by atoms with Gasteiger partial charge in [-0.3, -0.25) is 0 Å². The van der Waals surface area contributed by atoms with E-state index < -0.39 is 0 Å². The van der Waals surface area contributed by atoms with E-state index in [0.29, 0.717) is 5.15 Å². The molecule has 0 fully saturated rings. The van der Waals surface area contributed by atoms with Gasteiger partial charge in [-0.25, -0.2) is 9.97 Å². The first-order chi connectivity index (χ1) is 9.20. The highest BCUT2D eigenvalue weighted by Crippen LogP contribution is 2.41. The van der Waals surface area contributed by atoms with Crippen LogP contribution >= 0.6 is 34.5 Å². The van der Waals surface area contributed by atoms with Crippen LogP contribution in [0.5, 0.6) is 0 Å². The SMILES string of the molecule is CCc1sc2nc(Cl)nc(Cl)c2c1-c1ccccc1. The topological polar surface area (TPSA) is 25.8 Å².